The third-order valence-electron chi connectivity index (χ3n) is 4.95. The molecule has 29 heavy (non-hydrogen) atoms. The van der Waals surface area contributed by atoms with Crippen LogP contribution in [-0.2, 0) is 9.47 Å². The second-order valence-electron chi connectivity index (χ2n) is 6.87. The summed E-state index contributed by atoms with van der Waals surface area (Å²) in [6, 6.07) is 8.15. The molecule has 1 aromatic carbocycles. The second-order valence-corrected chi connectivity index (χ2v) is 6.87. The Morgan fingerprint density at radius 1 is 1.10 bits per heavy atom. The predicted molar refractivity (Wildman–Crippen MR) is 109 cm³/mol. The van der Waals surface area contributed by atoms with E-state index in [9.17, 15) is 14.4 Å². The summed E-state index contributed by atoms with van der Waals surface area (Å²) in [5.74, 6) is -0.982. The van der Waals surface area contributed by atoms with E-state index in [2.05, 4.69) is 4.98 Å². The van der Waals surface area contributed by atoms with Gasteiger partial charge in [0.25, 0.3) is 5.91 Å². The van der Waals surface area contributed by atoms with E-state index in [-0.39, 0.29) is 17.4 Å². The summed E-state index contributed by atoms with van der Waals surface area (Å²) >= 11 is 0. The van der Waals surface area contributed by atoms with E-state index in [1.165, 1.54) is 7.11 Å². The zero-order valence-corrected chi connectivity index (χ0v) is 17.6. The van der Waals surface area contributed by atoms with E-state index < -0.39 is 12.0 Å². The van der Waals surface area contributed by atoms with Crippen LogP contribution in [0, 0.1) is 13.8 Å². The van der Waals surface area contributed by atoms with Gasteiger partial charge in [0.1, 0.15) is 5.69 Å². The number of carbonyl (C=O) groups is 3. The van der Waals surface area contributed by atoms with Crippen molar-refractivity contribution in [1.82, 2.24) is 9.88 Å². The Bertz CT molecular complexity index is 873. The third kappa shape index (κ3) is 4.92. The van der Waals surface area contributed by atoms with Crippen LogP contribution < -0.4 is 0 Å². The summed E-state index contributed by atoms with van der Waals surface area (Å²) in [5, 5.41) is 0. The lowest BCUT2D eigenvalue weighted by Crippen LogP contribution is -2.44. The maximum absolute atomic E-state index is 13.3. The lowest BCUT2D eigenvalue weighted by atomic mass is 9.99. The first-order chi connectivity index (χ1) is 13.8. The fourth-order valence-corrected chi connectivity index (χ4v) is 3.37. The van der Waals surface area contributed by atoms with Gasteiger partial charge in [0, 0.05) is 37.1 Å². The highest BCUT2D eigenvalue weighted by Gasteiger charge is 2.31. The number of esters is 1. The number of H-pyrrole nitrogens is 1. The monoisotopic (exact) mass is 400 g/mol. The minimum atomic E-state index is -0.710. The van der Waals surface area contributed by atoms with Gasteiger partial charge in [0.15, 0.2) is 5.78 Å². The summed E-state index contributed by atoms with van der Waals surface area (Å²) in [6.07, 6.45) is 0.602. The number of hydrogen-bond acceptors (Lipinski definition) is 5. The number of amides is 1. The number of hydrogen-bond donors (Lipinski definition) is 1. The molecule has 1 heterocycles. The van der Waals surface area contributed by atoms with E-state index in [1.807, 2.05) is 6.07 Å². The lowest BCUT2D eigenvalue weighted by molar-refractivity contribution is 0.0591. The molecule has 0 aliphatic heterocycles. The number of methoxy groups -OCH3 is 2. The fraction of sp³-hybridized carbons (Fsp3) is 0.409. The van der Waals surface area contributed by atoms with Crippen LogP contribution in [0.15, 0.2) is 30.3 Å². The molecule has 7 nitrogen and oxygen atoms in total. The van der Waals surface area contributed by atoms with Gasteiger partial charge < -0.3 is 19.4 Å². The minimum Gasteiger partial charge on any atom is -0.464 e. The Hall–Kier alpha value is -2.93. The summed E-state index contributed by atoms with van der Waals surface area (Å²) in [5.41, 5.74) is 2.28. The average Bonchev–Trinajstić information content (AvgIpc) is 3.03. The van der Waals surface area contributed by atoms with Gasteiger partial charge in [-0.15, -0.1) is 0 Å². The molecule has 2 aromatic rings. The van der Waals surface area contributed by atoms with Crippen molar-refractivity contribution in [3.63, 3.8) is 0 Å². The Balaban J connectivity index is 2.36. The Morgan fingerprint density at radius 2 is 1.76 bits per heavy atom. The first kappa shape index (κ1) is 22.4. The number of ketones is 1. The van der Waals surface area contributed by atoms with E-state index in [0.717, 1.165) is 0 Å². The maximum Gasteiger partial charge on any atom is 0.354 e. The zero-order chi connectivity index (χ0) is 21.6. The van der Waals surface area contributed by atoms with Gasteiger partial charge in [-0.1, -0.05) is 18.2 Å². The Kier molecular flexibility index (Phi) is 7.73. The molecule has 1 amide bonds. The molecule has 1 aromatic heterocycles. The topological polar surface area (TPSA) is 88.7 Å². The summed E-state index contributed by atoms with van der Waals surface area (Å²) in [4.78, 5) is 42.9. The highest BCUT2D eigenvalue weighted by atomic mass is 16.5. The summed E-state index contributed by atoms with van der Waals surface area (Å²) in [7, 11) is 2.89. The van der Waals surface area contributed by atoms with Gasteiger partial charge in [0.05, 0.1) is 13.2 Å². The number of carbonyl (C=O) groups excluding carboxylic acids is 3. The van der Waals surface area contributed by atoms with E-state index in [1.54, 1.807) is 57.0 Å². The molecule has 0 saturated heterocycles. The molecular weight excluding hydrogens is 372 g/mol. The van der Waals surface area contributed by atoms with Crippen molar-refractivity contribution in [3.05, 3.63) is 58.4 Å². The highest BCUT2D eigenvalue weighted by Crippen LogP contribution is 2.23. The molecule has 0 spiro atoms. The van der Waals surface area contributed by atoms with Gasteiger partial charge in [-0.2, -0.15) is 0 Å². The number of ether oxygens (including phenoxy) is 2. The van der Waals surface area contributed by atoms with Crippen LogP contribution in [0.2, 0.25) is 0 Å². The van der Waals surface area contributed by atoms with Gasteiger partial charge >= 0.3 is 5.97 Å². The summed E-state index contributed by atoms with van der Waals surface area (Å²) in [6.45, 7) is 5.99. The predicted octanol–water partition coefficient (Wildman–Crippen LogP) is 3.17. The zero-order valence-electron chi connectivity index (χ0n) is 17.6. The average molecular weight is 400 g/mol. The van der Waals surface area contributed by atoms with Crippen LogP contribution in [0.3, 0.4) is 0 Å². The van der Waals surface area contributed by atoms with Crippen molar-refractivity contribution in [2.45, 2.75) is 33.2 Å². The number of aryl methyl sites for hydroxylation is 1. The molecule has 156 valence electrons. The van der Waals surface area contributed by atoms with Crippen molar-refractivity contribution in [1.29, 1.82) is 0 Å². The number of benzene rings is 1. The van der Waals surface area contributed by atoms with E-state index >= 15 is 0 Å². The molecular formula is C22H28N2O5. The molecule has 0 aliphatic carbocycles. The number of nitrogens with one attached hydrogen (secondary N) is 1. The molecule has 2 rings (SSSR count). The largest absolute Gasteiger partial charge is 0.464 e. The SMILES string of the molecule is COCCCN(C(=O)c1ccccc1)[C@H](C)C(=O)c1c(C)[nH]c(C(=O)OC)c1C. The first-order valence-corrected chi connectivity index (χ1v) is 9.50. The van der Waals surface area contributed by atoms with Gasteiger partial charge in [0.2, 0.25) is 0 Å². The smallest absolute Gasteiger partial charge is 0.354 e. The second kappa shape index (κ2) is 10.0. The standard InChI is InChI=1S/C22H28N2O5/c1-14-18(15(2)23-19(14)22(27)29-5)20(25)16(3)24(12-9-13-28-4)21(26)17-10-7-6-8-11-17/h6-8,10-11,16,23H,9,12-13H2,1-5H3/t16-/m1/s1. The fourth-order valence-electron chi connectivity index (χ4n) is 3.37. The van der Waals surface area contributed by atoms with Crippen LogP contribution in [0.1, 0.15) is 55.8 Å². The number of aromatic amines is 1. The normalized spacial score (nSPS) is 11.8. The van der Waals surface area contributed by atoms with Crippen LogP contribution in [0.25, 0.3) is 0 Å². The number of aromatic nitrogens is 1. The molecule has 1 atom stereocenters. The lowest BCUT2D eigenvalue weighted by Gasteiger charge is -2.29. The number of nitrogens with zero attached hydrogens (tertiary/aromatic N) is 1. The van der Waals surface area contributed by atoms with Gasteiger partial charge in [-0.3, -0.25) is 9.59 Å². The minimum absolute atomic E-state index is 0.221. The summed E-state index contributed by atoms with van der Waals surface area (Å²) < 4.78 is 9.88. The highest BCUT2D eigenvalue weighted by molar-refractivity contribution is 6.07. The van der Waals surface area contributed by atoms with Crippen LogP contribution in [0.4, 0.5) is 0 Å². The molecule has 0 fully saturated rings. The molecule has 0 aliphatic rings. The molecule has 1 N–H and O–H groups in total. The molecule has 0 bridgehead atoms. The van der Waals surface area contributed by atoms with Crippen molar-refractivity contribution in [3.8, 4) is 0 Å². The molecule has 0 unspecified atom stereocenters. The van der Waals surface area contributed by atoms with E-state index in [4.69, 9.17) is 9.47 Å². The number of rotatable bonds is 9. The van der Waals surface area contributed by atoms with Crippen LogP contribution >= 0.6 is 0 Å². The Morgan fingerprint density at radius 3 is 2.34 bits per heavy atom. The van der Waals surface area contributed by atoms with E-state index in [0.29, 0.717) is 42.0 Å². The van der Waals surface area contributed by atoms with Gasteiger partial charge in [-0.25, -0.2) is 4.79 Å². The van der Waals surface area contributed by atoms with Crippen molar-refractivity contribution < 1.29 is 23.9 Å². The Labute approximate surface area is 171 Å². The quantitative estimate of drug-likeness (QED) is 0.397. The van der Waals surface area contributed by atoms with Crippen molar-refractivity contribution in [2.24, 2.45) is 0 Å². The number of Topliss-reactive ketones (excluding diaryl/α,β-unsaturated/α-hetero) is 1. The van der Waals surface area contributed by atoms with Crippen LogP contribution in [0.5, 0.6) is 0 Å². The third-order valence-corrected chi connectivity index (χ3v) is 4.95. The maximum atomic E-state index is 13.3. The van der Waals surface area contributed by atoms with Crippen molar-refractivity contribution >= 4 is 17.7 Å². The molecule has 0 saturated carbocycles. The molecule has 7 heteroatoms. The van der Waals surface area contributed by atoms with Crippen molar-refractivity contribution in [2.75, 3.05) is 27.4 Å². The first-order valence-electron chi connectivity index (χ1n) is 9.50. The molecule has 0 radical (unpaired) electrons. The van der Waals surface area contributed by atoms with Gasteiger partial charge in [-0.05, 0) is 44.9 Å². The van der Waals surface area contributed by atoms with Crippen LogP contribution in [-0.4, -0.2) is 61.0 Å².